The van der Waals surface area contributed by atoms with Crippen molar-refractivity contribution < 1.29 is 19.1 Å². The van der Waals surface area contributed by atoms with Crippen LogP contribution >= 0.6 is 0 Å². The van der Waals surface area contributed by atoms with Crippen molar-refractivity contribution in [3.63, 3.8) is 0 Å². The third-order valence-corrected chi connectivity index (χ3v) is 4.23. The lowest BCUT2D eigenvalue weighted by atomic mass is 10.0. The van der Waals surface area contributed by atoms with Gasteiger partial charge in [0.05, 0.1) is 24.4 Å². The number of ketones is 1. The van der Waals surface area contributed by atoms with E-state index in [1.54, 1.807) is 0 Å². The van der Waals surface area contributed by atoms with Gasteiger partial charge in [-0.2, -0.15) is 0 Å². The van der Waals surface area contributed by atoms with E-state index in [0.717, 1.165) is 12.8 Å². The van der Waals surface area contributed by atoms with E-state index < -0.39 is 0 Å². The van der Waals surface area contributed by atoms with Crippen LogP contribution in [0.4, 0.5) is 0 Å². The fourth-order valence-corrected chi connectivity index (χ4v) is 2.12. The van der Waals surface area contributed by atoms with Crippen LogP contribution in [0.25, 0.3) is 0 Å². The molecule has 0 fully saturated rings. The molecule has 0 radical (unpaired) electrons. The average Bonchev–Trinajstić information content (AvgIpc) is 2.45. The number of hydrogen-bond acceptors (Lipinski definition) is 4. The second-order valence-electron chi connectivity index (χ2n) is 8.53. The maximum Gasteiger partial charge on any atom is 0.222 e. The van der Waals surface area contributed by atoms with Crippen molar-refractivity contribution in [1.29, 1.82) is 0 Å². The molecule has 0 atom stereocenters. The predicted octanol–water partition coefficient (Wildman–Crippen LogP) is 3.74. The number of Topliss-reactive ketones (excluding diaryl/α,β-unsaturated/α-hetero) is 1. The molecule has 5 nitrogen and oxygen atoms in total. The summed E-state index contributed by atoms with van der Waals surface area (Å²) in [5, 5.41) is 2.92. The lowest BCUT2D eigenvalue weighted by Crippen LogP contribution is -2.36. The van der Waals surface area contributed by atoms with Gasteiger partial charge in [-0.3, -0.25) is 9.59 Å². The second-order valence-corrected chi connectivity index (χ2v) is 8.53. The summed E-state index contributed by atoms with van der Waals surface area (Å²) in [4.78, 5) is 23.2. The first-order valence-electron chi connectivity index (χ1n) is 9.44. The lowest BCUT2D eigenvalue weighted by Gasteiger charge is -2.30. The molecular formula is C20H39NO4. The molecule has 0 aromatic rings. The fourth-order valence-electron chi connectivity index (χ4n) is 2.12. The molecule has 0 aliphatic rings. The van der Waals surface area contributed by atoms with Gasteiger partial charge in [-0.25, -0.2) is 0 Å². The van der Waals surface area contributed by atoms with Gasteiger partial charge in [0, 0.05) is 24.8 Å². The molecule has 1 amide bonds. The molecule has 0 saturated carbocycles. The maximum atomic E-state index is 11.6. The Morgan fingerprint density at radius 1 is 0.840 bits per heavy atom. The van der Waals surface area contributed by atoms with E-state index in [1.165, 1.54) is 0 Å². The van der Waals surface area contributed by atoms with Crippen LogP contribution in [0.3, 0.4) is 0 Å². The summed E-state index contributed by atoms with van der Waals surface area (Å²) in [5.41, 5.74) is -0.618. The number of nitrogens with one attached hydrogen (secondary N) is 1. The fraction of sp³-hybridized carbons (Fsp3) is 0.900. The Bertz CT molecular complexity index is 376. The Labute approximate surface area is 154 Å². The highest BCUT2D eigenvalue weighted by molar-refractivity contribution is 5.80. The molecule has 0 unspecified atom stereocenters. The molecule has 0 aliphatic carbocycles. The van der Waals surface area contributed by atoms with Gasteiger partial charge in [0.25, 0.3) is 0 Å². The number of amides is 1. The molecule has 0 aromatic carbocycles. The van der Waals surface area contributed by atoms with Crippen molar-refractivity contribution in [3.05, 3.63) is 0 Å². The maximum absolute atomic E-state index is 11.6. The average molecular weight is 358 g/mol. The molecule has 0 rings (SSSR count). The molecule has 0 aromatic heterocycles. The van der Waals surface area contributed by atoms with E-state index in [2.05, 4.69) is 5.32 Å². The van der Waals surface area contributed by atoms with Crippen LogP contribution in [0.5, 0.6) is 0 Å². The van der Waals surface area contributed by atoms with E-state index in [9.17, 15) is 9.59 Å². The highest BCUT2D eigenvalue weighted by Crippen LogP contribution is 2.19. The minimum absolute atomic E-state index is 0.00422. The first-order chi connectivity index (χ1) is 11.4. The van der Waals surface area contributed by atoms with Gasteiger partial charge >= 0.3 is 0 Å². The molecule has 0 aliphatic heterocycles. The smallest absolute Gasteiger partial charge is 0.222 e. The molecule has 0 bridgehead atoms. The standard InChI is InChI=1S/C20H39NO4/c1-15(2)17(22)9-13-24-20(7,8)11-14-25-19(5,6)10-12-21-18(23)16(3)4/h15-16H,9-14H2,1-8H3,(H,21,23). The predicted molar refractivity (Wildman–Crippen MR) is 102 cm³/mol. The van der Waals surface area contributed by atoms with Crippen molar-refractivity contribution in [2.24, 2.45) is 11.8 Å². The second kappa shape index (κ2) is 10.9. The number of hydrogen-bond donors (Lipinski definition) is 1. The Hall–Kier alpha value is -0.940. The van der Waals surface area contributed by atoms with Crippen LogP contribution < -0.4 is 5.32 Å². The van der Waals surface area contributed by atoms with Gasteiger partial charge in [-0.15, -0.1) is 0 Å². The van der Waals surface area contributed by atoms with Crippen LogP contribution in [-0.2, 0) is 19.1 Å². The Morgan fingerprint density at radius 2 is 1.36 bits per heavy atom. The zero-order chi connectivity index (χ0) is 19.7. The highest BCUT2D eigenvalue weighted by atomic mass is 16.5. The minimum Gasteiger partial charge on any atom is -0.375 e. The Balaban J connectivity index is 4.04. The van der Waals surface area contributed by atoms with E-state index in [4.69, 9.17) is 9.47 Å². The Kier molecular flexibility index (Phi) is 10.5. The van der Waals surface area contributed by atoms with Gasteiger partial charge in [0.1, 0.15) is 5.78 Å². The van der Waals surface area contributed by atoms with E-state index in [1.807, 2.05) is 55.4 Å². The van der Waals surface area contributed by atoms with Gasteiger partial charge in [-0.05, 0) is 40.5 Å². The van der Waals surface area contributed by atoms with Crippen LogP contribution in [0, 0.1) is 11.8 Å². The van der Waals surface area contributed by atoms with Crippen molar-refractivity contribution in [2.75, 3.05) is 19.8 Å². The summed E-state index contributed by atoms with van der Waals surface area (Å²) in [6, 6.07) is 0. The topological polar surface area (TPSA) is 64.6 Å². The summed E-state index contributed by atoms with van der Waals surface area (Å²) in [7, 11) is 0. The number of carbonyl (C=O) groups excluding carboxylic acids is 2. The number of ether oxygens (including phenoxy) is 2. The molecule has 148 valence electrons. The van der Waals surface area contributed by atoms with Gasteiger partial charge < -0.3 is 14.8 Å². The van der Waals surface area contributed by atoms with E-state index in [-0.39, 0.29) is 34.7 Å². The largest absolute Gasteiger partial charge is 0.375 e. The molecule has 25 heavy (non-hydrogen) atoms. The van der Waals surface area contributed by atoms with Crippen LogP contribution in [0.1, 0.15) is 74.7 Å². The van der Waals surface area contributed by atoms with Crippen molar-refractivity contribution in [2.45, 2.75) is 85.9 Å². The first-order valence-corrected chi connectivity index (χ1v) is 9.44. The molecule has 0 heterocycles. The zero-order valence-electron chi connectivity index (χ0n) is 17.5. The van der Waals surface area contributed by atoms with E-state index >= 15 is 0 Å². The Morgan fingerprint density at radius 3 is 1.88 bits per heavy atom. The quantitative estimate of drug-likeness (QED) is 0.545. The van der Waals surface area contributed by atoms with Crippen molar-refractivity contribution in [3.8, 4) is 0 Å². The summed E-state index contributed by atoms with van der Waals surface area (Å²) in [5.74, 6) is 0.370. The minimum atomic E-state index is -0.320. The summed E-state index contributed by atoms with van der Waals surface area (Å²) >= 11 is 0. The molecule has 5 heteroatoms. The molecular weight excluding hydrogens is 318 g/mol. The normalized spacial score (nSPS) is 12.7. The zero-order valence-corrected chi connectivity index (χ0v) is 17.5. The molecule has 0 saturated heterocycles. The van der Waals surface area contributed by atoms with Crippen LogP contribution in [0.15, 0.2) is 0 Å². The summed E-state index contributed by atoms with van der Waals surface area (Å²) in [6.45, 7) is 17.3. The third-order valence-electron chi connectivity index (χ3n) is 4.23. The lowest BCUT2D eigenvalue weighted by molar-refractivity contribution is -0.125. The van der Waals surface area contributed by atoms with Gasteiger partial charge in [0.2, 0.25) is 5.91 Å². The van der Waals surface area contributed by atoms with Gasteiger partial charge in [0.15, 0.2) is 0 Å². The highest BCUT2D eigenvalue weighted by Gasteiger charge is 2.23. The summed E-state index contributed by atoms with van der Waals surface area (Å²) in [6.07, 6.45) is 1.98. The third kappa shape index (κ3) is 12.1. The SMILES string of the molecule is CC(C)C(=O)CCOC(C)(C)CCOC(C)(C)CCNC(=O)C(C)C. The van der Waals surface area contributed by atoms with E-state index in [0.29, 0.717) is 26.2 Å². The first kappa shape index (κ1) is 24.1. The number of rotatable bonds is 13. The monoisotopic (exact) mass is 357 g/mol. The molecule has 1 N–H and O–H groups in total. The molecule has 0 spiro atoms. The summed E-state index contributed by atoms with van der Waals surface area (Å²) < 4.78 is 11.8. The van der Waals surface area contributed by atoms with Gasteiger partial charge in [-0.1, -0.05) is 27.7 Å². The van der Waals surface area contributed by atoms with Crippen LogP contribution in [0.2, 0.25) is 0 Å². The van der Waals surface area contributed by atoms with Crippen molar-refractivity contribution in [1.82, 2.24) is 5.32 Å². The van der Waals surface area contributed by atoms with Crippen molar-refractivity contribution >= 4 is 11.7 Å². The van der Waals surface area contributed by atoms with Crippen LogP contribution in [-0.4, -0.2) is 42.7 Å². The number of carbonyl (C=O) groups is 2.